The number of nitrogens with zero attached hydrogens (tertiary/aromatic N) is 3. The zero-order valence-corrected chi connectivity index (χ0v) is 20.0. The molecule has 2 aromatic rings. The van der Waals surface area contributed by atoms with Crippen LogP contribution in [0.25, 0.3) is 5.69 Å². The van der Waals surface area contributed by atoms with Crippen molar-refractivity contribution >= 4 is 29.9 Å². The van der Waals surface area contributed by atoms with Crippen LogP contribution >= 0.6 is 24.0 Å². The lowest BCUT2D eigenvalue weighted by molar-refractivity contribution is 0.0301. The molecular weight excluding hydrogens is 481 g/mol. The average molecular weight is 515 g/mol. The van der Waals surface area contributed by atoms with E-state index in [1.165, 1.54) is 0 Å². The monoisotopic (exact) mass is 515 g/mol. The molecular formula is C21H34IN5O2. The summed E-state index contributed by atoms with van der Waals surface area (Å²) in [5, 5.41) is 21.0. The van der Waals surface area contributed by atoms with Gasteiger partial charge in [-0.25, -0.2) is 4.68 Å². The van der Waals surface area contributed by atoms with E-state index in [1.54, 1.807) is 6.20 Å². The number of aliphatic hydroxyl groups excluding tert-OH is 1. The fourth-order valence-corrected chi connectivity index (χ4v) is 2.66. The molecule has 1 aromatic carbocycles. The number of guanidine groups is 1. The summed E-state index contributed by atoms with van der Waals surface area (Å²) in [7, 11) is 0. The molecule has 0 saturated heterocycles. The summed E-state index contributed by atoms with van der Waals surface area (Å²) in [6.07, 6.45) is 3.07. The average Bonchev–Trinajstić information content (AvgIpc) is 3.21. The smallest absolute Gasteiger partial charge is 0.191 e. The normalized spacial score (nSPS) is 13.7. The van der Waals surface area contributed by atoms with Gasteiger partial charge in [-0.3, -0.25) is 4.99 Å². The van der Waals surface area contributed by atoms with Gasteiger partial charge in [0.05, 0.1) is 31.0 Å². The van der Waals surface area contributed by atoms with Crippen molar-refractivity contribution in [2.24, 2.45) is 10.9 Å². The number of hydrogen-bond acceptors (Lipinski definition) is 4. The Hall–Kier alpha value is -1.65. The molecule has 0 aliphatic rings. The lowest BCUT2D eigenvalue weighted by atomic mass is 10.1. The molecule has 0 fully saturated rings. The maximum Gasteiger partial charge on any atom is 0.191 e. The maximum absolute atomic E-state index is 10.1. The summed E-state index contributed by atoms with van der Waals surface area (Å²) < 4.78 is 7.32. The van der Waals surface area contributed by atoms with Crippen molar-refractivity contribution in [2.45, 2.75) is 39.8 Å². The summed E-state index contributed by atoms with van der Waals surface area (Å²) in [5.41, 5.74) is 2.13. The second-order valence-corrected chi connectivity index (χ2v) is 7.22. The molecule has 7 nitrogen and oxygen atoms in total. The minimum atomic E-state index is -0.618. The fourth-order valence-electron chi connectivity index (χ4n) is 2.66. The third-order valence-electron chi connectivity index (χ3n) is 4.06. The van der Waals surface area contributed by atoms with Crippen molar-refractivity contribution in [1.82, 2.24) is 20.4 Å². The molecule has 1 aromatic heterocycles. The van der Waals surface area contributed by atoms with Gasteiger partial charge in [0.25, 0.3) is 0 Å². The standard InChI is InChI=1S/C21H33N5O2.HI/c1-5-22-21(23-13-20(27)15-28-14-16(2)3)25-17(4)18-8-6-9-19(12-18)26-11-7-10-24-26;/h6-12,16-17,20,27H,5,13-15H2,1-4H3,(H2,22,23,25);1H. The number of benzene rings is 1. The van der Waals surface area contributed by atoms with Crippen LogP contribution in [0, 0.1) is 5.92 Å². The van der Waals surface area contributed by atoms with Gasteiger partial charge in [0.15, 0.2) is 5.96 Å². The summed E-state index contributed by atoms with van der Waals surface area (Å²) in [6, 6.07) is 10.2. The third-order valence-corrected chi connectivity index (χ3v) is 4.06. The maximum atomic E-state index is 10.1. The number of nitrogens with one attached hydrogen (secondary N) is 2. The van der Waals surface area contributed by atoms with Crippen molar-refractivity contribution in [2.75, 3.05) is 26.3 Å². The van der Waals surface area contributed by atoms with Gasteiger partial charge in [-0.05, 0) is 43.5 Å². The van der Waals surface area contributed by atoms with Gasteiger partial charge in [-0.1, -0.05) is 26.0 Å². The lowest BCUT2D eigenvalue weighted by Gasteiger charge is -2.19. The van der Waals surface area contributed by atoms with Gasteiger partial charge in [-0.2, -0.15) is 5.10 Å². The van der Waals surface area contributed by atoms with E-state index < -0.39 is 6.10 Å². The Balaban J connectivity index is 0.00000420. The second-order valence-electron chi connectivity index (χ2n) is 7.22. The van der Waals surface area contributed by atoms with Crippen molar-refractivity contribution < 1.29 is 9.84 Å². The number of halogens is 1. The molecule has 2 atom stereocenters. The first-order valence-electron chi connectivity index (χ1n) is 9.90. The van der Waals surface area contributed by atoms with E-state index in [0.717, 1.165) is 17.8 Å². The molecule has 0 bridgehead atoms. The Morgan fingerprint density at radius 2 is 2.03 bits per heavy atom. The van der Waals surface area contributed by atoms with E-state index in [0.29, 0.717) is 25.1 Å². The molecule has 0 saturated carbocycles. The summed E-state index contributed by atoms with van der Waals surface area (Å²) >= 11 is 0. The largest absolute Gasteiger partial charge is 0.389 e. The first kappa shape index (κ1) is 25.4. The number of ether oxygens (including phenoxy) is 1. The minimum absolute atomic E-state index is 0. The molecule has 0 spiro atoms. The summed E-state index contributed by atoms with van der Waals surface area (Å²) in [5.74, 6) is 1.12. The van der Waals surface area contributed by atoms with Crippen LogP contribution in [-0.2, 0) is 4.74 Å². The Kier molecular flexibility index (Phi) is 11.9. The van der Waals surface area contributed by atoms with Crippen molar-refractivity contribution in [3.05, 3.63) is 48.3 Å². The van der Waals surface area contributed by atoms with Crippen LogP contribution in [0.3, 0.4) is 0 Å². The van der Waals surface area contributed by atoms with Gasteiger partial charge >= 0.3 is 0 Å². The summed E-state index contributed by atoms with van der Waals surface area (Å²) in [4.78, 5) is 4.50. The van der Waals surface area contributed by atoms with Gasteiger partial charge in [0.1, 0.15) is 0 Å². The predicted molar refractivity (Wildman–Crippen MR) is 128 cm³/mol. The molecule has 162 valence electrons. The van der Waals surface area contributed by atoms with Gasteiger partial charge in [0, 0.05) is 25.5 Å². The van der Waals surface area contributed by atoms with E-state index in [4.69, 9.17) is 4.74 Å². The first-order valence-corrected chi connectivity index (χ1v) is 9.90. The molecule has 0 radical (unpaired) electrons. The van der Waals surface area contributed by atoms with Crippen LogP contribution in [0.15, 0.2) is 47.7 Å². The fraction of sp³-hybridized carbons (Fsp3) is 0.524. The zero-order chi connectivity index (χ0) is 20.4. The first-order chi connectivity index (χ1) is 13.5. The number of rotatable bonds is 10. The van der Waals surface area contributed by atoms with Crippen LogP contribution < -0.4 is 10.6 Å². The van der Waals surface area contributed by atoms with Gasteiger partial charge in [0.2, 0.25) is 0 Å². The molecule has 3 N–H and O–H groups in total. The minimum Gasteiger partial charge on any atom is -0.389 e. The van der Waals surface area contributed by atoms with Crippen LogP contribution in [0.2, 0.25) is 0 Å². The topological polar surface area (TPSA) is 83.7 Å². The van der Waals surface area contributed by atoms with E-state index in [9.17, 15) is 5.11 Å². The Morgan fingerprint density at radius 1 is 1.24 bits per heavy atom. The third kappa shape index (κ3) is 9.14. The van der Waals surface area contributed by atoms with Crippen LogP contribution in [0.1, 0.15) is 39.3 Å². The van der Waals surface area contributed by atoms with Crippen molar-refractivity contribution in [3.8, 4) is 5.69 Å². The molecule has 2 rings (SSSR count). The number of hydrogen-bond donors (Lipinski definition) is 3. The van der Waals surface area contributed by atoms with Gasteiger partial charge < -0.3 is 20.5 Å². The number of aliphatic imine (C=N–C) groups is 1. The van der Waals surface area contributed by atoms with E-state index >= 15 is 0 Å². The van der Waals surface area contributed by atoms with Crippen molar-refractivity contribution in [1.29, 1.82) is 0 Å². The highest BCUT2D eigenvalue weighted by Crippen LogP contribution is 2.16. The second kappa shape index (κ2) is 13.6. The molecule has 29 heavy (non-hydrogen) atoms. The molecule has 0 aliphatic carbocycles. The van der Waals surface area contributed by atoms with Crippen molar-refractivity contribution in [3.63, 3.8) is 0 Å². The highest BCUT2D eigenvalue weighted by Gasteiger charge is 2.10. The molecule has 0 amide bonds. The molecule has 8 heteroatoms. The molecule has 2 unspecified atom stereocenters. The quantitative estimate of drug-likeness (QED) is 0.257. The van der Waals surface area contributed by atoms with E-state index in [-0.39, 0.29) is 36.6 Å². The van der Waals surface area contributed by atoms with Crippen LogP contribution in [0.5, 0.6) is 0 Å². The number of aliphatic hydroxyl groups is 1. The Labute approximate surface area is 191 Å². The van der Waals surface area contributed by atoms with Crippen LogP contribution in [-0.4, -0.2) is 53.3 Å². The molecule has 0 aliphatic heterocycles. The predicted octanol–water partition coefficient (Wildman–Crippen LogP) is 3.14. The van der Waals surface area contributed by atoms with E-state index in [1.807, 2.05) is 36.0 Å². The van der Waals surface area contributed by atoms with Crippen LogP contribution in [0.4, 0.5) is 0 Å². The highest BCUT2D eigenvalue weighted by molar-refractivity contribution is 14.0. The highest BCUT2D eigenvalue weighted by atomic mass is 127. The lowest BCUT2D eigenvalue weighted by Crippen LogP contribution is -2.39. The number of aromatic nitrogens is 2. The van der Waals surface area contributed by atoms with Gasteiger partial charge in [-0.15, -0.1) is 24.0 Å². The SMILES string of the molecule is CCNC(=NCC(O)COCC(C)C)NC(C)c1cccc(-n2cccn2)c1.I. The molecule has 1 heterocycles. The Morgan fingerprint density at radius 3 is 2.69 bits per heavy atom. The summed E-state index contributed by atoms with van der Waals surface area (Å²) in [6.45, 7) is 10.2. The van der Waals surface area contributed by atoms with E-state index in [2.05, 4.69) is 53.6 Å². The zero-order valence-electron chi connectivity index (χ0n) is 17.7. The Bertz CT molecular complexity index is 722.